The minimum Gasteiger partial charge on any atom is -0.383 e. The maximum absolute atomic E-state index is 10.9. The molecule has 2 heterocycles. The zero-order valence-corrected chi connectivity index (χ0v) is 13.6. The van der Waals surface area contributed by atoms with E-state index in [1.165, 1.54) is 12.1 Å². The molecule has 3 aromatic rings. The van der Waals surface area contributed by atoms with Crippen LogP contribution in [0.2, 0.25) is 0 Å². The fraction of sp³-hybridized carbons (Fsp3) is 0.235. The van der Waals surface area contributed by atoms with E-state index in [4.69, 9.17) is 5.73 Å². The number of imidazole rings is 1. The molecule has 0 saturated heterocycles. The predicted octanol–water partition coefficient (Wildman–Crippen LogP) is 3.34. The molecule has 7 heteroatoms. The van der Waals surface area contributed by atoms with Gasteiger partial charge < -0.3 is 10.6 Å². The van der Waals surface area contributed by atoms with Gasteiger partial charge >= 0.3 is 0 Å². The number of nitrogens with two attached hydrogens (primary N) is 1. The number of hydrogen-bond donors (Lipinski definition) is 1. The Morgan fingerprint density at radius 1 is 1.21 bits per heavy atom. The molecule has 0 unspecified atom stereocenters. The largest absolute Gasteiger partial charge is 0.383 e. The van der Waals surface area contributed by atoms with Crippen molar-refractivity contribution in [1.82, 2.24) is 9.38 Å². The number of fused-ring (bicyclic) bond motifs is 1. The van der Waals surface area contributed by atoms with Crippen molar-refractivity contribution in [1.29, 1.82) is 0 Å². The Bertz CT molecular complexity index is 882. The van der Waals surface area contributed by atoms with Crippen molar-refractivity contribution in [2.45, 2.75) is 13.8 Å². The van der Waals surface area contributed by atoms with Gasteiger partial charge in [0.1, 0.15) is 17.2 Å². The van der Waals surface area contributed by atoms with E-state index in [9.17, 15) is 10.1 Å². The third-order valence-electron chi connectivity index (χ3n) is 4.13. The Morgan fingerprint density at radius 2 is 1.88 bits per heavy atom. The van der Waals surface area contributed by atoms with Crippen molar-refractivity contribution >= 4 is 22.8 Å². The number of nitro groups is 1. The number of aromatic nitrogens is 2. The Balaban J connectivity index is 2.02. The number of nitrogens with zero attached hydrogens (tertiary/aromatic N) is 4. The Hall–Kier alpha value is -3.09. The number of anilines is 2. The molecule has 0 bridgehead atoms. The minimum atomic E-state index is -0.441. The molecule has 24 heavy (non-hydrogen) atoms. The van der Waals surface area contributed by atoms with Crippen molar-refractivity contribution in [2.75, 3.05) is 23.7 Å². The van der Waals surface area contributed by atoms with Gasteiger partial charge in [0.15, 0.2) is 0 Å². The average Bonchev–Trinajstić information content (AvgIpc) is 2.93. The monoisotopic (exact) mass is 325 g/mol. The first-order chi connectivity index (χ1) is 11.5. The van der Waals surface area contributed by atoms with Crippen LogP contribution in [-0.2, 0) is 0 Å². The molecular formula is C17H19N5O2. The smallest absolute Gasteiger partial charge is 0.274 e. The number of benzene rings is 1. The van der Waals surface area contributed by atoms with Crippen LogP contribution in [0, 0.1) is 10.1 Å². The lowest BCUT2D eigenvalue weighted by atomic mass is 10.1. The molecule has 0 radical (unpaired) electrons. The van der Waals surface area contributed by atoms with Gasteiger partial charge in [0, 0.05) is 36.6 Å². The van der Waals surface area contributed by atoms with Crippen LogP contribution >= 0.6 is 0 Å². The van der Waals surface area contributed by atoms with Gasteiger partial charge in [0.05, 0.1) is 11.0 Å². The van der Waals surface area contributed by atoms with Crippen LogP contribution in [0.15, 0.2) is 42.6 Å². The van der Waals surface area contributed by atoms with Gasteiger partial charge in [-0.3, -0.25) is 14.5 Å². The Labute approximate surface area is 139 Å². The lowest BCUT2D eigenvalue weighted by molar-refractivity contribution is -0.384. The molecule has 0 amide bonds. The van der Waals surface area contributed by atoms with Gasteiger partial charge in [-0.05, 0) is 26.0 Å². The Morgan fingerprint density at radius 3 is 2.46 bits per heavy atom. The van der Waals surface area contributed by atoms with Gasteiger partial charge in [-0.2, -0.15) is 0 Å². The van der Waals surface area contributed by atoms with E-state index in [0.717, 1.165) is 24.3 Å². The second kappa shape index (κ2) is 6.19. The van der Waals surface area contributed by atoms with Crippen molar-refractivity contribution < 1.29 is 4.92 Å². The highest BCUT2D eigenvalue weighted by Crippen LogP contribution is 2.29. The van der Waals surface area contributed by atoms with Crippen LogP contribution in [0.1, 0.15) is 13.8 Å². The lowest BCUT2D eigenvalue weighted by Gasteiger charge is -2.21. The molecule has 0 atom stereocenters. The SMILES string of the molecule is CCN(CC)c1ccc(-c2nc3cc([N+](=O)[O-])ccn3c2N)cc1. The molecule has 0 spiro atoms. The van der Waals surface area contributed by atoms with E-state index >= 15 is 0 Å². The number of nitrogen functional groups attached to an aromatic ring is 1. The van der Waals surface area contributed by atoms with Crippen LogP contribution in [0.5, 0.6) is 0 Å². The fourth-order valence-corrected chi connectivity index (χ4v) is 2.80. The standard InChI is InChI=1S/C17H19N5O2/c1-3-20(4-2)13-7-5-12(6-8-13)16-17(18)21-10-9-14(22(23)24)11-15(21)19-16/h5-11H,3-4,18H2,1-2H3. The molecule has 0 fully saturated rings. The molecule has 2 N–H and O–H groups in total. The van der Waals surface area contributed by atoms with Crippen LogP contribution in [0.4, 0.5) is 17.2 Å². The molecule has 7 nitrogen and oxygen atoms in total. The third kappa shape index (κ3) is 2.64. The second-order valence-electron chi connectivity index (χ2n) is 5.44. The van der Waals surface area contributed by atoms with Crippen molar-refractivity contribution in [2.24, 2.45) is 0 Å². The van der Waals surface area contributed by atoms with Crippen molar-refractivity contribution in [3.05, 3.63) is 52.7 Å². The van der Waals surface area contributed by atoms with Crippen molar-refractivity contribution in [3.63, 3.8) is 0 Å². The topological polar surface area (TPSA) is 89.7 Å². The highest BCUT2D eigenvalue weighted by Gasteiger charge is 2.15. The fourth-order valence-electron chi connectivity index (χ4n) is 2.80. The first-order valence-electron chi connectivity index (χ1n) is 7.82. The van der Waals surface area contributed by atoms with Crippen molar-refractivity contribution in [3.8, 4) is 11.3 Å². The molecule has 0 aliphatic rings. The highest BCUT2D eigenvalue weighted by molar-refractivity contribution is 5.76. The summed E-state index contributed by atoms with van der Waals surface area (Å²) in [7, 11) is 0. The maximum atomic E-state index is 10.9. The molecule has 2 aromatic heterocycles. The quantitative estimate of drug-likeness (QED) is 0.574. The highest BCUT2D eigenvalue weighted by atomic mass is 16.6. The summed E-state index contributed by atoms with van der Waals surface area (Å²) in [6.45, 7) is 6.11. The summed E-state index contributed by atoms with van der Waals surface area (Å²) in [5.41, 5.74) is 9.28. The summed E-state index contributed by atoms with van der Waals surface area (Å²) in [6, 6.07) is 10.9. The molecule has 124 valence electrons. The first-order valence-corrected chi connectivity index (χ1v) is 7.82. The summed E-state index contributed by atoms with van der Waals surface area (Å²) in [4.78, 5) is 17.2. The van der Waals surface area contributed by atoms with E-state index < -0.39 is 4.92 Å². The molecule has 0 saturated carbocycles. The third-order valence-corrected chi connectivity index (χ3v) is 4.13. The van der Waals surface area contributed by atoms with Gasteiger partial charge in [-0.1, -0.05) is 12.1 Å². The summed E-state index contributed by atoms with van der Waals surface area (Å²) < 4.78 is 1.65. The zero-order valence-electron chi connectivity index (χ0n) is 13.6. The number of pyridine rings is 1. The molecule has 3 rings (SSSR count). The normalized spacial score (nSPS) is 10.9. The van der Waals surface area contributed by atoms with Gasteiger partial charge in [-0.15, -0.1) is 0 Å². The van der Waals surface area contributed by atoms with E-state index in [1.807, 2.05) is 24.3 Å². The lowest BCUT2D eigenvalue weighted by Crippen LogP contribution is -2.21. The number of rotatable bonds is 5. The van der Waals surface area contributed by atoms with Gasteiger partial charge in [0.2, 0.25) is 0 Å². The molecule has 0 aliphatic heterocycles. The second-order valence-corrected chi connectivity index (χ2v) is 5.44. The van der Waals surface area contributed by atoms with E-state index in [2.05, 4.69) is 23.7 Å². The first kappa shape index (κ1) is 15.8. The molecule has 1 aromatic carbocycles. The summed E-state index contributed by atoms with van der Waals surface area (Å²) in [6.07, 6.45) is 1.57. The van der Waals surface area contributed by atoms with Gasteiger partial charge in [0.25, 0.3) is 5.69 Å². The van der Waals surface area contributed by atoms with Crippen LogP contribution in [0.25, 0.3) is 16.9 Å². The van der Waals surface area contributed by atoms with Gasteiger partial charge in [-0.25, -0.2) is 4.98 Å². The van der Waals surface area contributed by atoms with Crippen LogP contribution in [0.3, 0.4) is 0 Å². The predicted molar refractivity (Wildman–Crippen MR) is 95.3 cm³/mol. The van der Waals surface area contributed by atoms with E-state index in [-0.39, 0.29) is 5.69 Å². The Kier molecular flexibility index (Phi) is 4.07. The van der Waals surface area contributed by atoms with Crippen LogP contribution in [-0.4, -0.2) is 27.4 Å². The average molecular weight is 325 g/mol. The maximum Gasteiger partial charge on any atom is 0.274 e. The van der Waals surface area contributed by atoms with E-state index in [0.29, 0.717) is 17.2 Å². The summed E-state index contributed by atoms with van der Waals surface area (Å²) in [5.74, 6) is 0.468. The minimum absolute atomic E-state index is 0.00377. The summed E-state index contributed by atoms with van der Waals surface area (Å²) >= 11 is 0. The van der Waals surface area contributed by atoms with E-state index in [1.54, 1.807) is 10.6 Å². The summed E-state index contributed by atoms with van der Waals surface area (Å²) in [5, 5.41) is 10.9. The number of hydrogen-bond acceptors (Lipinski definition) is 5. The zero-order chi connectivity index (χ0) is 17.3. The van der Waals surface area contributed by atoms with Crippen LogP contribution < -0.4 is 10.6 Å². The molecular weight excluding hydrogens is 306 g/mol. The molecule has 0 aliphatic carbocycles.